The first kappa shape index (κ1) is 13.9. The van der Waals surface area contributed by atoms with Gasteiger partial charge in [-0.3, -0.25) is 14.5 Å². The van der Waals surface area contributed by atoms with Crippen molar-refractivity contribution < 1.29 is 9.59 Å². The molecule has 0 aromatic heterocycles. The Kier molecular flexibility index (Phi) is 3.57. The van der Waals surface area contributed by atoms with Gasteiger partial charge in [-0.2, -0.15) is 0 Å². The Bertz CT molecular complexity index is 549. The summed E-state index contributed by atoms with van der Waals surface area (Å²) in [5, 5.41) is 2.70. The number of piperazine rings is 1. The smallest absolute Gasteiger partial charge is 0.250 e. The number of nitrogens with one attached hydrogen (secondary N) is 1. The zero-order valence-electron chi connectivity index (χ0n) is 12.5. The zero-order valence-corrected chi connectivity index (χ0v) is 12.5. The summed E-state index contributed by atoms with van der Waals surface area (Å²) < 4.78 is 0. The number of nitrogens with zero attached hydrogens (tertiary/aromatic N) is 2. The predicted octanol–water partition coefficient (Wildman–Crippen LogP) is 1.53. The van der Waals surface area contributed by atoms with Gasteiger partial charge in [0.05, 0.1) is 0 Å². The van der Waals surface area contributed by atoms with Crippen LogP contribution in [0.4, 0.5) is 11.4 Å². The van der Waals surface area contributed by atoms with Gasteiger partial charge in [0, 0.05) is 24.5 Å². The van der Waals surface area contributed by atoms with Gasteiger partial charge in [-0.05, 0) is 51.0 Å². The van der Waals surface area contributed by atoms with Crippen LogP contribution < -0.4 is 15.1 Å². The SMILES string of the molecule is CC1NC(=O)C(C)N(c2ccc(N3CCCC3)cc2)C1=O. The first-order chi connectivity index (χ1) is 10.1. The van der Waals surface area contributed by atoms with Crippen LogP contribution in [-0.4, -0.2) is 37.0 Å². The maximum absolute atomic E-state index is 12.3. The van der Waals surface area contributed by atoms with Gasteiger partial charge in [0.1, 0.15) is 12.1 Å². The second-order valence-electron chi connectivity index (χ2n) is 5.83. The monoisotopic (exact) mass is 287 g/mol. The topological polar surface area (TPSA) is 52.7 Å². The van der Waals surface area contributed by atoms with E-state index in [0.717, 1.165) is 18.8 Å². The third-order valence-electron chi connectivity index (χ3n) is 4.33. The molecule has 1 aromatic carbocycles. The number of benzene rings is 1. The first-order valence-electron chi connectivity index (χ1n) is 7.56. The quantitative estimate of drug-likeness (QED) is 0.897. The number of carbonyl (C=O) groups is 2. The van der Waals surface area contributed by atoms with Gasteiger partial charge in [0.25, 0.3) is 0 Å². The standard InChI is InChI=1S/C16H21N3O2/c1-11-16(21)19(12(2)15(20)17-11)14-7-5-13(6-8-14)18-9-3-4-10-18/h5-8,11-12H,3-4,9-10H2,1-2H3,(H,17,20). The summed E-state index contributed by atoms with van der Waals surface area (Å²) in [5.74, 6) is -0.165. The summed E-state index contributed by atoms with van der Waals surface area (Å²) in [6.45, 7) is 5.67. The number of anilines is 2. The fraction of sp³-hybridized carbons (Fsp3) is 0.500. The lowest BCUT2D eigenvalue weighted by atomic mass is 10.1. The Morgan fingerprint density at radius 2 is 1.57 bits per heavy atom. The van der Waals surface area contributed by atoms with Crippen LogP contribution >= 0.6 is 0 Å². The van der Waals surface area contributed by atoms with E-state index >= 15 is 0 Å². The largest absolute Gasteiger partial charge is 0.372 e. The van der Waals surface area contributed by atoms with Crippen molar-refractivity contribution >= 4 is 23.2 Å². The second-order valence-corrected chi connectivity index (χ2v) is 5.83. The maximum Gasteiger partial charge on any atom is 0.250 e. The van der Waals surface area contributed by atoms with Crippen molar-refractivity contribution in [1.29, 1.82) is 0 Å². The van der Waals surface area contributed by atoms with Gasteiger partial charge in [-0.15, -0.1) is 0 Å². The molecule has 2 aliphatic rings. The van der Waals surface area contributed by atoms with Crippen LogP contribution in [0.2, 0.25) is 0 Å². The van der Waals surface area contributed by atoms with Gasteiger partial charge in [0.15, 0.2) is 0 Å². The molecule has 5 heteroatoms. The van der Waals surface area contributed by atoms with E-state index in [1.165, 1.54) is 18.5 Å². The molecule has 0 bridgehead atoms. The van der Waals surface area contributed by atoms with E-state index in [1.54, 1.807) is 18.7 Å². The lowest BCUT2D eigenvalue weighted by Gasteiger charge is -2.36. The number of amides is 2. The van der Waals surface area contributed by atoms with Crippen molar-refractivity contribution in [3.8, 4) is 0 Å². The third-order valence-corrected chi connectivity index (χ3v) is 4.33. The molecule has 2 fully saturated rings. The van der Waals surface area contributed by atoms with Gasteiger partial charge < -0.3 is 10.2 Å². The van der Waals surface area contributed by atoms with E-state index in [-0.39, 0.29) is 11.8 Å². The van der Waals surface area contributed by atoms with E-state index in [4.69, 9.17) is 0 Å². The van der Waals surface area contributed by atoms with Crippen LogP contribution in [0, 0.1) is 0 Å². The number of hydrogen-bond acceptors (Lipinski definition) is 3. The zero-order chi connectivity index (χ0) is 15.0. The summed E-state index contributed by atoms with van der Waals surface area (Å²) in [4.78, 5) is 28.2. The average molecular weight is 287 g/mol. The molecule has 1 N–H and O–H groups in total. The van der Waals surface area contributed by atoms with Crippen LogP contribution in [-0.2, 0) is 9.59 Å². The molecule has 2 saturated heterocycles. The van der Waals surface area contributed by atoms with Crippen molar-refractivity contribution in [2.75, 3.05) is 22.9 Å². The fourth-order valence-corrected chi connectivity index (χ4v) is 3.06. The van der Waals surface area contributed by atoms with Gasteiger partial charge in [-0.25, -0.2) is 0 Å². The highest BCUT2D eigenvalue weighted by Gasteiger charge is 2.36. The van der Waals surface area contributed by atoms with Crippen molar-refractivity contribution in [2.24, 2.45) is 0 Å². The Hall–Kier alpha value is -2.04. The highest BCUT2D eigenvalue weighted by Crippen LogP contribution is 2.26. The van der Waals surface area contributed by atoms with Crippen molar-refractivity contribution in [3.63, 3.8) is 0 Å². The molecule has 0 spiro atoms. The van der Waals surface area contributed by atoms with Crippen molar-refractivity contribution in [1.82, 2.24) is 5.32 Å². The summed E-state index contributed by atoms with van der Waals surface area (Å²) >= 11 is 0. The summed E-state index contributed by atoms with van der Waals surface area (Å²) in [6, 6.07) is 7.02. The first-order valence-corrected chi connectivity index (χ1v) is 7.56. The highest BCUT2D eigenvalue weighted by atomic mass is 16.2. The summed E-state index contributed by atoms with van der Waals surface area (Å²) in [7, 11) is 0. The minimum absolute atomic E-state index is 0.0592. The third kappa shape index (κ3) is 2.48. The van der Waals surface area contributed by atoms with Gasteiger partial charge in [0.2, 0.25) is 11.8 Å². The molecule has 1 aromatic rings. The van der Waals surface area contributed by atoms with E-state index < -0.39 is 12.1 Å². The summed E-state index contributed by atoms with van der Waals surface area (Å²) in [5.41, 5.74) is 1.98. The molecule has 2 unspecified atom stereocenters. The molecule has 2 aliphatic heterocycles. The lowest BCUT2D eigenvalue weighted by Crippen LogP contribution is -2.61. The number of carbonyl (C=O) groups excluding carboxylic acids is 2. The highest BCUT2D eigenvalue weighted by molar-refractivity contribution is 6.08. The molecular formula is C16H21N3O2. The van der Waals surface area contributed by atoms with Crippen LogP contribution in [0.1, 0.15) is 26.7 Å². The molecule has 2 amide bonds. The Labute approximate surface area is 124 Å². The van der Waals surface area contributed by atoms with Crippen LogP contribution in [0.15, 0.2) is 24.3 Å². The molecule has 0 aliphatic carbocycles. The van der Waals surface area contributed by atoms with E-state index in [0.29, 0.717) is 0 Å². The Morgan fingerprint density at radius 1 is 1.00 bits per heavy atom. The van der Waals surface area contributed by atoms with E-state index in [9.17, 15) is 9.59 Å². The molecule has 0 saturated carbocycles. The molecule has 0 radical (unpaired) electrons. The minimum atomic E-state index is -0.466. The molecule has 112 valence electrons. The number of rotatable bonds is 2. The average Bonchev–Trinajstić information content (AvgIpc) is 3.00. The normalized spacial score (nSPS) is 26.2. The van der Waals surface area contributed by atoms with E-state index in [1.807, 2.05) is 24.3 Å². The van der Waals surface area contributed by atoms with Gasteiger partial charge in [-0.1, -0.05) is 0 Å². The maximum atomic E-state index is 12.3. The van der Waals surface area contributed by atoms with Crippen LogP contribution in [0.3, 0.4) is 0 Å². The van der Waals surface area contributed by atoms with Crippen LogP contribution in [0.25, 0.3) is 0 Å². The number of hydrogen-bond donors (Lipinski definition) is 1. The molecule has 5 nitrogen and oxygen atoms in total. The Balaban J connectivity index is 1.84. The molecular weight excluding hydrogens is 266 g/mol. The minimum Gasteiger partial charge on any atom is -0.372 e. The second kappa shape index (κ2) is 5.39. The molecule has 2 heterocycles. The lowest BCUT2D eigenvalue weighted by molar-refractivity contribution is -0.133. The fourth-order valence-electron chi connectivity index (χ4n) is 3.06. The van der Waals surface area contributed by atoms with Crippen LogP contribution in [0.5, 0.6) is 0 Å². The van der Waals surface area contributed by atoms with Crippen molar-refractivity contribution in [3.05, 3.63) is 24.3 Å². The summed E-state index contributed by atoms with van der Waals surface area (Å²) in [6.07, 6.45) is 2.47. The Morgan fingerprint density at radius 3 is 2.19 bits per heavy atom. The van der Waals surface area contributed by atoms with Crippen molar-refractivity contribution in [2.45, 2.75) is 38.8 Å². The molecule has 3 rings (SSSR count). The predicted molar refractivity (Wildman–Crippen MR) is 82.4 cm³/mol. The molecule has 21 heavy (non-hydrogen) atoms. The molecule has 2 atom stereocenters. The van der Waals surface area contributed by atoms with E-state index in [2.05, 4.69) is 10.2 Å². The van der Waals surface area contributed by atoms with Gasteiger partial charge >= 0.3 is 0 Å².